The Labute approximate surface area is 195 Å². The fraction of sp³-hybridized carbons (Fsp3) is 0.0417. The van der Waals surface area contributed by atoms with Crippen LogP contribution in [0.1, 0.15) is 0 Å². The highest BCUT2D eigenvalue weighted by Gasteiger charge is 2.21. The summed E-state index contributed by atoms with van der Waals surface area (Å²) >= 11 is 0. The molecule has 0 radical (unpaired) electrons. The summed E-state index contributed by atoms with van der Waals surface area (Å²) in [6.45, 7) is 0. The molecule has 3 N–H and O–H groups in total. The number of nitrogens with zero attached hydrogens (tertiary/aromatic N) is 1. The van der Waals surface area contributed by atoms with Gasteiger partial charge in [0, 0.05) is 5.39 Å². The van der Waals surface area contributed by atoms with Crippen molar-refractivity contribution in [3.63, 3.8) is 0 Å². The zero-order valence-corrected chi connectivity index (χ0v) is 18.9. The molecule has 0 aliphatic carbocycles. The van der Waals surface area contributed by atoms with Crippen LogP contribution in [0.5, 0.6) is 11.5 Å². The van der Waals surface area contributed by atoms with Crippen LogP contribution in [0.2, 0.25) is 0 Å². The summed E-state index contributed by atoms with van der Waals surface area (Å²) in [5.74, 6) is 0.880. The molecule has 4 aromatic carbocycles. The molecular weight excluding hydrogens is 464 g/mol. The molecule has 0 saturated carbocycles. The van der Waals surface area contributed by atoms with Crippen LogP contribution < -0.4 is 4.74 Å². The van der Waals surface area contributed by atoms with Gasteiger partial charge >= 0.3 is 0 Å². The zero-order chi connectivity index (χ0) is 22.5. The zero-order valence-electron chi connectivity index (χ0n) is 17.3. The minimum absolute atomic E-state index is 0. The molecule has 0 unspecified atom stereocenters. The topological polar surface area (TPSA) is 113 Å². The summed E-state index contributed by atoms with van der Waals surface area (Å²) in [5, 5.41) is 10.9. The highest BCUT2D eigenvalue weighted by atomic mass is 35.5. The molecule has 168 valence electrons. The first-order valence-electron chi connectivity index (χ1n) is 9.72. The monoisotopic (exact) mass is 482 g/mol. The van der Waals surface area contributed by atoms with Crippen LogP contribution in [0.15, 0.2) is 77.7 Å². The fourth-order valence-corrected chi connectivity index (χ4v) is 4.64. The van der Waals surface area contributed by atoms with Gasteiger partial charge in [-0.05, 0) is 35.4 Å². The van der Waals surface area contributed by atoms with Gasteiger partial charge in [0.15, 0.2) is 0 Å². The van der Waals surface area contributed by atoms with E-state index in [0.29, 0.717) is 28.2 Å². The van der Waals surface area contributed by atoms with Crippen molar-refractivity contribution in [2.45, 2.75) is 4.90 Å². The standard InChI is InChI=1S/C24H18N2O5S.ClH/c1-31-20-12-15(14-6-3-2-4-7-14)10-11-16(20)24-25-18-13-21(32(28,29)30)17-8-5-9-19(27)22(17)23(18)26-24;/h2-13,27H,1H3,(H,25,26)(H,28,29,30);1H. The molecule has 5 aromatic rings. The maximum Gasteiger partial charge on any atom is 0.295 e. The van der Waals surface area contributed by atoms with E-state index in [1.807, 2.05) is 48.5 Å². The molecule has 0 atom stereocenters. The predicted molar refractivity (Wildman–Crippen MR) is 130 cm³/mol. The largest absolute Gasteiger partial charge is 0.507 e. The van der Waals surface area contributed by atoms with Gasteiger partial charge in [-0.15, -0.1) is 12.4 Å². The van der Waals surface area contributed by atoms with Gasteiger partial charge in [0.25, 0.3) is 10.1 Å². The van der Waals surface area contributed by atoms with Crippen LogP contribution in [0.25, 0.3) is 44.3 Å². The van der Waals surface area contributed by atoms with E-state index in [1.54, 1.807) is 7.11 Å². The molecule has 0 bridgehead atoms. The normalized spacial score (nSPS) is 11.5. The minimum Gasteiger partial charge on any atom is -0.507 e. The first kappa shape index (κ1) is 22.6. The van der Waals surface area contributed by atoms with Gasteiger partial charge in [0.2, 0.25) is 0 Å². The molecule has 9 heteroatoms. The number of hydrogen-bond acceptors (Lipinski definition) is 5. The number of aromatic hydroxyl groups is 1. The third-order valence-corrected chi connectivity index (χ3v) is 6.29. The van der Waals surface area contributed by atoms with E-state index in [0.717, 1.165) is 11.1 Å². The molecule has 0 amide bonds. The van der Waals surface area contributed by atoms with Crippen molar-refractivity contribution in [1.29, 1.82) is 0 Å². The molecule has 1 aromatic heterocycles. The lowest BCUT2D eigenvalue weighted by molar-refractivity contribution is 0.416. The van der Waals surface area contributed by atoms with Crippen LogP contribution in [-0.2, 0) is 10.1 Å². The summed E-state index contributed by atoms with van der Waals surface area (Å²) in [4.78, 5) is 7.43. The number of aromatic nitrogens is 2. The number of fused-ring (bicyclic) bond motifs is 3. The van der Waals surface area contributed by atoms with Gasteiger partial charge in [-0.3, -0.25) is 4.55 Å². The van der Waals surface area contributed by atoms with E-state index in [1.165, 1.54) is 24.3 Å². The molecule has 5 rings (SSSR count). The minimum atomic E-state index is -4.53. The molecule has 1 heterocycles. The van der Waals surface area contributed by atoms with Gasteiger partial charge in [-0.25, -0.2) is 4.98 Å². The van der Waals surface area contributed by atoms with E-state index in [2.05, 4.69) is 9.97 Å². The molecule has 0 fully saturated rings. The first-order valence-corrected chi connectivity index (χ1v) is 11.2. The number of H-pyrrole nitrogens is 1. The van der Waals surface area contributed by atoms with Crippen molar-refractivity contribution in [3.8, 4) is 34.0 Å². The van der Waals surface area contributed by atoms with Crippen molar-refractivity contribution in [2.24, 2.45) is 0 Å². The van der Waals surface area contributed by atoms with Crippen molar-refractivity contribution in [1.82, 2.24) is 9.97 Å². The number of hydrogen-bond donors (Lipinski definition) is 3. The van der Waals surface area contributed by atoms with Crippen molar-refractivity contribution in [2.75, 3.05) is 7.11 Å². The predicted octanol–water partition coefficient (Wildman–Crippen LogP) is 5.43. The molecule has 0 spiro atoms. The highest BCUT2D eigenvalue weighted by molar-refractivity contribution is 7.86. The third-order valence-electron chi connectivity index (χ3n) is 5.39. The van der Waals surface area contributed by atoms with E-state index in [4.69, 9.17) is 4.74 Å². The van der Waals surface area contributed by atoms with Crippen LogP contribution in [0.3, 0.4) is 0 Å². The Bertz CT molecular complexity index is 1600. The summed E-state index contributed by atoms with van der Waals surface area (Å²) in [7, 11) is -2.96. The van der Waals surface area contributed by atoms with Gasteiger partial charge in [0.1, 0.15) is 27.7 Å². The quantitative estimate of drug-likeness (QED) is 0.294. The number of ether oxygens (including phenoxy) is 1. The van der Waals surface area contributed by atoms with E-state index in [-0.39, 0.29) is 33.8 Å². The SMILES string of the molecule is COc1cc(-c2ccccc2)ccc1-c1nc2c(cc(S(=O)(=O)O)c3cccc(O)c32)[nH]1.Cl. The van der Waals surface area contributed by atoms with Crippen molar-refractivity contribution in [3.05, 3.63) is 72.8 Å². The number of phenols is 1. The Morgan fingerprint density at radius 1 is 0.939 bits per heavy atom. The van der Waals surface area contributed by atoms with Crippen molar-refractivity contribution < 1.29 is 22.8 Å². The lowest BCUT2D eigenvalue weighted by Crippen LogP contribution is -1.99. The number of phenolic OH excluding ortho intramolecular Hbond substituents is 1. The van der Waals surface area contributed by atoms with Crippen LogP contribution in [-0.4, -0.2) is 35.2 Å². The number of halogens is 1. The summed E-state index contributed by atoms with van der Waals surface area (Å²) < 4.78 is 39.3. The molecular formula is C24H19ClN2O5S. The van der Waals surface area contributed by atoms with E-state index in [9.17, 15) is 18.1 Å². The number of benzene rings is 4. The van der Waals surface area contributed by atoms with Crippen LogP contribution >= 0.6 is 12.4 Å². The number of rotatable bonds is 4. The maximum absolute atomic E-state index is 12.0. The average molecular weight is 483 g/mol. The second-order valence-electron chi connectivity index (χ2n) is 7.31. The Hall–Kier alpha value is -3.59. The number of imidazole rings is 1. The lowest BCUT2D eigenvalue weighted by atomic mass is 10.0. The third kappa shape index (κ3) is 3.89. The Kier molecular flexibility index (Phi) is 5.75. The Balaban J connectivity index is 0.00000259. The van der Waals surface area contributed by atoms with Crippen molar-refractivity contribution >= 4 is 44.3 Å². The Morgan fingerprint density at radius 2 is 1.70 bits per heavy atom. The molecule has 7 nitrogen and oxygen atoms in total. The smallest absolute Gasteiger partial charge is 0.295 e. The summed E-state index contributed by atoms with van der Waals surface area (Å²) in [6, 6.07) is 21.4. The Morgan fingerprint density at radius 3 is 2.39 bits per heavy atom. The van der Waals surface area contributed by atoms with Gasteiger partial charge in [-0.2, -0.15) is 8.42 Å². The lowest BCUT2D eigenvalue weighted by Gasteiger charge is -2.09. The summed E-state index contributed by atoms with van der Waals surface area (Å²) in [5.41, 5.74) is 3.42. The molecule has 0 aliphatic rings. The van der Waals surface area contributed by atoms with Crippen LogP contribution in [0.4, 0.5) is 0 Å². The second-order valence-corrected chi connectivity index (χ2v) is 8.70. The van der Waals surface area contributed by atoms with Crippen LogP contribution in [0, 0.1) is 0 Å². The number of methoxy groups -OCH3 is 1. The maximum atomic E-state index is 12.0. The van der Waals surface area contributed by atoms with Gasteiger partial charge in [-0.1, -0.05) is 48.5 Å². The highest BCUT2D eigenvalue weighted by Crippen LogP contribution is 2.39. The first-order chi connectivity index (χ1) is 15.4. The number of nitrogens with one attached hydrogen (secondary N) is 1. The van der Waals surface area contributed by atoms with E-state index >= 15 is 0 Å². The van der Waals surface area contributed by atoms with E-state index < -0.39 is 10.1 Å². The molecule has 0 aliphatic heterocycles. The number of aromatic amines is 1. The second kappa shape index (κ2) is 8.40. The molecule has 0 saturated heterocycles. The molecule has 33 heavy (non-hydrogen) atoms. The average Bonchev–Trinajstić information content (AvgIpc) is 3.22. The van der Waals surface area contributed by atoms with Gasteiger partial charge < -0.3 is 14.8 Å². The summed E-state index contributed by atoms with van der Waals surface area (Å²) in [6.07, 6.45) is 0. The fourth-order valence-electron chi connectivity index (χ4n) is 3.92. The van der Waals surface area contributed by atoms with Gasteiger partial charge in [0.05, 0.1) is 23.6 Å².